The van der Waals surface area contributed by atoms with Crippen LogP contribution in [0.4, 0.5) is 24.9 Å². The predicted molar refractivity (Wildman–Crippen MR) is 156 cm³/mol. The van der Waals surface area contributed by atoms with Crippen molar-refractivity contribution in [2.75, 3.05) is 43.5 Å². The van der Waals surface area contributed by atoms with E-state index < -0.39 is 24.3 Å². The summed E-state index contributed by atoms with van der Waals surface area (Å²) in [6, 6.07) is 7.29. The Bertz CT molecular complexity index is 1570. The van der Waals surface area contributed by atoms with Crippen LogP contribution in [-0.2, 0) is 9.53 Å². The summed E-state index contributed by atoms with van der Waals surface area (Å²) in [7, 11) is 0. The molecule has 1 unspecified atom stereocenters. The van der Waals surface area contributed by atoms with E-state index in [1.165, 1.54) is 16.8 Å². The number of nitrogen functional groups attached to an aromatic ring is 1. The molecule has 1 aromatic carbocycles. The zero-order chi connectivity index (χ0) is 31.1. The monoisotopic (exact) mass is 613 g/mol. The second-order valence-corrected chi connectivity index (χ2v) is 11.7. The fourth-order valence-corrected chi connectivity index (χ4v) is 6.26. The maximum absolute atomic E-state index is 14.7. The summed E-state index contributed by atoms with van der Waals surface area (Å²) in [6.07, 6.45) is -1.04. The second-order valence-electron chi connectivity index (χ2n) is 11.7. The van der Waals surface area contributed by atoms with Gasteiger partial charge in [-0.1, -0.05) is 18.2 Å². The third-order valence-corrected chi connectivity index (χ3v) is 8.67. The van der Waals surface area contributed by atoms with Crippen LogP contribution in [0.1, 0.15) is 48.6 Å². The van der Waals surface area contributed by atoms with Gasteiger partial charge in [0.15, 0.2) is 0 Å². The molecule has 11 nitrogen and oxygen atoms in total. The Hall–Kier alpha value is -4.17. The lowest BCUT2D eigenvalue weighted by Gasteiger charge is -2.39. The number of carboxylic acid groups (broad SMARTS) is 1. The molecule has 0 bridgehead atoms. The Labute approximate surface area is 251 Å². The van der Waals surface area contributed by atoms with Crippen molar-refractivity contribution in [3.05, 3.63) is 59.4 Å². The Morgan fingerprint density at radius 1 is 1.23 bits per heavy atom. The van der Waals surface area contributed by atoms with E-state index in [0.717, 1.165) is 11.1 Å². The number of aromatic nitrogens is 4. The molecule has 2 aromatic heterocycles. The number of alkyl halides is 3. The molecular weight excluding hydrogens is 579 g/mol. The van der Waals surface area contributed by atoms with Crippen molar-refractivity contribution in [2.24, 2.45) is 5.41 Å². The van der Waals surface area contributed by atoms with Crippen LogP contribution in [0, 0.1) is 12.3 Å². The Kier molecular flexibility index (Phi) is 7.97. The van der Waals surface area contributed by atoms with Crippen LogP contribution in [0.2, 0.25) is 0 Å². The SMILES string of the molecule is Cc1ccn(-c2cc(C3=CCOCC3)ccc2C(Oc2cc(N3CCC4(CC3)CN[C@H](C(=O)O)C4)nc(N)n2)C(F)(F)F)n1. The summed E-state index contributed by atoms with van der Waals surface area (Å²) >= 11 is 0. The third-order valence-electron chi connectivity index (χ3n) is 8.67. The van der Waals surface area contributed by atoms with E-state index in [0.29, 0.717) is 70.0 Å². The number of nitrogens with zero attached hydrogens (tertiary/aromatic N) is 5. The second kappa shape index (κ2) is 11.7. The van der Waals surface area contributed by atoms with Crippen LogP contribution >= 0.6 is 0 Å². The number of carboxylic acids is 1. The number of aliphatic carboxylic acids is 1. The number of halogens is 3. The topological polar surface area (TPSA) is 141 Å². The molecular formula is C30H34F3N7O4. The van der Waals surface area contributed by atoms with Gasteiger partial charge in [0.05, 0.1) is 24.6 Å². The summed E-state index contributed by atoms with van der Waals surface area (Å²) in [5, 5.41) is 16.8. The van der Waals surface area contributed by atoms with Gasteiger partial charge in [-0.05, 0) is 61.3 Å². The molecule has 2 fully saturated rings. The number of rotatable bonds is 7. The zero-order valence-corrected chi connectivity index (χ0v) is 24.2. The number of nitrogens with two attached hydrogens (primary N) is 1. The zero-order valence-electron chi connectivity index (χ0n) is 24.2. The summed E-state index contributed by atoms with van der Waals surface area (Å²) in [5.41, 5.74) is 8.35. The lowest BCUT2D eigenvalue weighted by molar-refractivity contribution is -0.198. The molecule has 3 aromatic rings. The first-order chi connectivity index (χ1) is 21.0. The number of anilines is 2. The average molecular weight is 614 g/mol. The molecule has 0 aliphatic carbocycles. The van der Waals surface area contributed by atoms with E-state index in [1.54, 1.807) is 31.3 Å². The molecule has 3 aliphatic rings. The van der Waals surface area contributed by atoms with Gasteiger partial charge in [0.1, 0.15) is 11.9 Å². The van der Waals surface area contributed by atoms with E-state index in [1.807, 2.05) is 11.0 Å². The molecule has 44 heavy (non-hydrogen) atoms. The molecule has 3 aliphatic heterocycles. The van der Waals surface area contributed by atoms with Gasteiger partial charge >= 0.3 is 12.1 Å². The number of carbonyl (C=O) groups is 1. The number of piperidine rings is 1. The van der Waals surface area contributed by atoms with Gasteiger partial charge in [-0.3, -0.25) is 4.79 Å². The lowest BCUT2D eigenvalue weighted by Crippen LogP contribution is -2.41. The van der Waals surface area contributed by atoms with E-state index in [4.69, 9.17) is 15.2 Å². The molecule has 0 radical (unpaired) electrons. The minimum absolute atomic E-state index is 0.127. The van der Waals surface area contributed by atoms with Crippen LogP contribution in [-0.4, -0.2) is 75.9 Å². The van der Waals surface area contributed by atoms with Crippen molar-refractivity contribution in [3.8, 4) is 11.6 Å². The first kappa shape index (κ1) is 29.9. The van der Waals surface area contributed by atoms with Gasteiger partial charge in [-0.2, -0.15) is 28.2 Å². The normalized spacial score (nSPS) is 20.9. The van der Waals surface area contributed by atoms with Gasteiger partial charge in [-0.25, -0.2) is 4.68 Å². The first-order valence-electron chi connectivity index (χ1n) is 14.5. The van der Waals surface area contributed by atoms with Crippen molar-refractivity contribution >= 4 is 23.3 Å². The van der Waals surface area contributed by atoms with Crippen LogP contribution in [0.5, 0.6) is 5.88 Å². The summed E-state index contributed by atoms with van der Waals surface area (Å²) < 4.78 is 56.7. The first-order valence-corrected chi connectivity index (χ1v) is 14.5. The highest BCUT2D eigenvalue weighted by molar-refractivity contribution is 5.74. The number of aryl methyl sites for hydroxylation is 1. The van der Waals surface area contributed by atoms with Gasteiger partial charge < -0.3 is 30.5 Å². The number of ether oxygens (including phenoxy) is 2. The quantitative estimate of drug-likeness (QED) is 0.357. The Morgan fingerprint density at radius 3 is 2.66 bits per heavy atom. The van der Waals surface area contributed by atoms with Crippen LogP contribution in [0.25, 0.3) is 11.3 Å². The highest BCUT2D eigenvalue weighted by Crippen LogP contribution is 2.42. The lowest BCUT2D eigenvalue weighted by atomic mass is 9.76. The molecule has 2 atom stereocenters. The van der Waals surface area contributed by atoms with Gasteiger partial charge in [0, 0.05) is 37.5 Å². The van der Waals surface area contributed by atoms with Crippen LogP contribution < -0.4 is 20.7 Å². The summed E-state index contributed by atoms with van der Waals surface area (Å²) in [4.78, 5) is 21.6. The molecule has 0 saturated carbocycles. The number of nitrogens with one attached hydrogen (secondary N) is 1. The number of hydrogen-bond acceptors (Lipinski definition) is 9. The van der Waals surface area contributed by atoms with Crippen molar-refractivity contribution in [2.45, 2.75) is 50.9 Å². The maximum Gasteiger partial charge on any atom is 0.429 e. The fraction of sp³-hybridized carbons (Fsp3) is 0.467. The van der Waals surface area contributed by atoms with Crippen molar-refractivity contribution in [3.63, 3.8) is 0 Å². The maximum atomic E-state index is 14.7. The molecule has 6 rings (SSSR count). The molecule has 1 spiro atoms. The third kappa shape index (κ3) is 6.22. The van der Waals surface area contributed by atoms with Gasteiger partial charge in [0.25, 0.3) is 0 Å². The predicted octanol–water partition coefficient (Wildman–Crippen LogP) is 4.07. The Morgan fingerprint density at radius 2 is 2.02 bits per heavy atom. The largest absolute Gasteiger partial charge is 0.480 e. The summed E-state index contributed by atoms with van der Waals surface area (Å²) in [5.74, 6) is -1.02. The Balaban J connectivity index is 1.29. The summed E-state index contributed by atoms with van der Waals surface area (Å²) in [6.45, 7) is 4.42. The highest BCUT2D eigenvalue weighted by Gasteiger charge is 2.46. The fourth-order valence-electron chi connectivity index (χ4n) is 6.26. The molecule has 234 valence electrons. The van der Waals surface area contributed by atoms with Crippen molar-refractivity contribution in [1.29, 1.82) is 0 Å². The molecule has 5 heterocycles. The molecule has 0 amide bonds. The van der Waals surface area contributed by atoms with Crippen LogP contribution in [0.15, 0.2) is 42.6 Å². The van der Waals surface area contributed by atoms with Crippen LogP contribution in [0.3, 0.4) is 0 Å². The van der Waals surface area contributed by atoms with Crippen molar-refractivity contribution < 1.29 is 32.5 Å². The minimum atomic E-state index is -4.80. The standard InChI is InChI=1S/C30H34F3N7O4/c1-18-4-9-40(38-18)23-14-20(19-5-12-43-13-6-19)2-3-21(23)26(30(31,32)33)44-25-15-24(36-28(34)37-25)39-10-7-29(8-11-39)16-22(27(41)42)35-17-29/h2-5,9,14-15,22,26,35H,6-8,10-13,16-17H2,1H3,(H,41,42)(H2,34,36,37)/t22-,26?/m0/s1. The number of hydrogen-bond donors (Lipinski definition) is 3. The molecule has 4 N–H and O–H groups in total. The molecule has 14 heteroatoms. The van der Waals surface area contributed by atoms with E-state index in [9.17, 15) is 23.1 Å². The molecule has 2 saturated heterocycles. The minimum Gasteiger partial charge on any atom is -0.480 e. The smallest absolute Gasteiger partial charge is 0.429 e. The van der Waals surface area contributed by atoms with Crippen molar-refractivity contribution in [1.82, 2.24) is 25.1 Å². The highest BCUT2D eigenvalue weighted by atomic mass is 19.4. The van der Waals surface area contributed by atoms with E-state index in [2.05, 4.69) is 20.4 Å². The van der Waals surface area contributed by atoms with E-state index >= 15 is 0 Å². The average Bonchev–Trinajstić information content (AvgIpc) is 3.62. The number of benzene rings is 1. The van der Waals surface area contributed by atoms with E-state index in [-0.39, 0.29) is 28.5 Å². The van der Waals surface area contributed by atoms with Gasteiger partial charge in [0.2, 0.25) is 17.9 Å². The van der Waals surface area contributed by atoms with Gasteiger partial charge in [-0.15, -0.1) is 0 Å².